The van der Waals surface area contributed by atoms with E-state index in [1.54, 1.807) is 37.1 Å². The summed E-state index contributed by atoms with van der Waals surface area (Å²) in [5.74, 6) is 0.854. The smallest absolute Gasteiger partial charge is 0.410 e. The van der Waals surface area contributed by atoms with Gasteiger partial charge in [-0.25, -0.2) is 14.2 Å². The number of hydrogen-bond donors (Lipinski definition) is 2. The quantitative estimate of drug-likeness (QED) is 0.406. The Balaban J connectivity index is 1.64. The summed E-state index contributed by atoms with van der Waals surface area (Å²) in [5, 5.41) is 9.78. The fourth-order valence-electron chi connectivity index (χ4n) is 4.99. The monoisotopic (exact) mass is 580 g/mol. The standard InChI is InChI=1S/C31H41FN6O4/c1-18-9-10-22(14-25(18)32)27(17-37-11-12-38(20(3)16-37)30(40)42-31(5,6)7)41-26-13-19(2)23(15-24(26)29(39)33-8)28-34-21(4)35-36-28/h9-10,13-15,20,27H,11-12,16-17H2,1-8H3,(H,33,39)(H,34,35,36)/t20-,27-/m1/s1. The Kier molecular flexibility index (Phi) is 9.20. The van der Waals surface area contributed by atoms with Gasteiger partial charge in [-0.2, -0.15) is 5.10 Å². The van der Waals surface area contributed by atoms with Gasteiger partial charge in [0.1, 0.15) is 29.1 Å². The molecule has 10 nitrogen and oxygen atoms in total. The van der Waals surface area contributed by atoms with Crippen LogP contribution in [0.25, 0.3) is 11.4 Å². The van der Waals surface area contributed by atoms with E-state index in [0.717, 1.165) is 5.56 Å². The van der Waals surface area contributed by atoms with Crippen LogP contribution < -0.4 is 10.1 Å². The van der Waals surface area contributed by atoms with Gasteiger partial charge in [-0.15, -0.1) is 0 Å². The predicted molar refractivity (Wildman–Crippen MR) is 158 cm³/mol. The first kappa shape index (κ1) is 31.0. The van der Waals surface area contributed by atoms with Crippen molar-refractivity contribution in [2.75, 3.05) is 33.2 Å². The average Bonchev–Trinajstić information content (AvgIpc) is 3.34. The second-order valence-electron chi connectivity index (χ2n) is 11.9. The van der Waals surface area contributed by atoms with Gasteiger partial charge in [0, 0.05) is 44.8 Å². The molecule has 2 aromatic carbocycles. The number of halogens is 1. The van der Waals surface area contributed by atoms with Gasteiger partial charge in [-0.3, -0.25) is 14.8 Å². The summed E-state index contributed by atoms with van der Waals surface area (Å²) in [5.41, 5.74) is 2.45. The number of rotatable bonds is 7. The maximum absolute atomic E-state index is 14.8. The molecule has 0 spiro atoms. The van der Waals surface area contributed by atoms with E-state index in [1.807, 2.05) is 47.6 Å². The fourth-order valence-corrected chi connectivity index (χ4v) is 4.99. The second kappa shape index (κ2) is 12.5. The van der Waals surface area contributed by atoms with Gasteiger partial charge in [0.2, 0.25) is 0 Å². The molecule has 2 N–H and O–H groups in total. The molecule has 0 bridgehead atoms. The largest absolute Gasteiger partial charge is 0.484 e. The predicted octanol–water partition coefficient (Wildman–Crippen LogP) is 4.96. The molecule has 4 rings (SSSR count). The number of hydrogen-bond acceptors (Lipinski definition) is 7. The molecule has 0 saturated carbocycles. The van der Waals surface area contributed by atoms with E-state index in [4.69, 9.17) is 9.47 Å². The van der Waals surface area contributed by atoms with Crippen molar-refractivity contribution < 1.29 is 23.5 Å². The number of carbonyl (C=O) groups is 2. The third-order valence-corrected chi connectivity index (χ3v) is 7.24. The van der Waals surface area contributed by atoms with Crippen molar-refractivity contribution >= 4 is 12.0 Å². The maximum atomic E-state index is 14.8. The van der Waals surface area contributed by atoms with Crippen LogP contribution in [0.4, 0.5) is 9.18 Å². The van der Waals surface area contributed by atoms with Gasteiger partial charge in [0.05, 0.1) is 5.56 Å². The zero-order chi connectivity index (χ0) is 30.8. The van der Waals surface area contributed by atoms with E-state index in [2.05, 4.69) is 25.4 Å². The molecule has 0 aliphatic carbocycles. The van der Waals surface area contributed by atoms with Crippen LogP contribution in [0.15, 0.2) is 30.3 Å². The van der Waals surface area contributed by atoms with Crippen LogP contribution in [-0.4, -0.2) is 81.9 Å². The minimum Gasteiger partial charge on any atom is -0.484 e. The van der Waals surface area contributed by atoms with Gasteiger partial charge in [0.15, 0.2) is 5.82 Å². The van der Waals surface area contributed by atoms with Gasteiger partial charge in [0.25, 0.3) is 5.91 Å². The minimum atomic E-state index is -0.597. The molecule has 2 atom stereocenters. The number of amides is 2. The molecule has 2 amide bonds. The van der Waals surface area contributed by atoms with E-state index in [9.17, 15) is 14.0 Å². The number of aromatic amines is 1. The van der Waals surface area contributed by atoms with Crippen molar-refractivity contribution in [1.82, 2.24) is 30.3 Å². The molecule has 2 heterocycles. The molecule has 226 valence electrons. The van der Waals surface area contributed by atoms with Crippen LogP contribution in [0.1, 0.15) is 66.7 Å². The first-order chi connectivity index (χ1) is 19.8. The lowest BCUT2D eigenvalue weighted by Crippen LogP contribution is -2.55. The third kappa shape index (κ3) is 7.25. The van der Waals surface area contributed by atoms with Crippen LogP contribution in [0.5, 0.6) is 5.75 Å². The number of carbonyl (C=O) groups excluding carboxylic acids is 2. The van der Waals surface area contributed by atoms with Crippen molar-refractivity contribution in [2.45, 2.75) is 66.2 Å². The number of nitrogens with one attached hydrogen (secondary N) is 2. The third-order valence-electron chi connectivity index (χ3n) is 7.24. The number of piperazine rings is 1. The Morgan fingerprint density at radius 2 is 1.88 bits per heavy atom. The van der Waals surface area contributed by atoms with E-state index in [1.165, 1.54) is 6.07 Å². The summed E-state index contributed by atoms with van der Waals surface area (Å²) >= 11 is 0. The number of aryl methyl sites for hydroxylation is 3. The Morgan fingerprint density at radius 3 is 2.48 bits per heavy atom. The molecule has 3 aromatic rings. The summed E-state index contributed by atoms with van der Waals surface area (Å²) in [6.07, 6.45) is -0.935. The van der Waals surface area contributed by atoms with Crippen molar-refractivity contribution in [3.63, 3.8) is 0 Å². The summed E-state index contributed by atoms with van der Waals surface area (Å²) in [6, 6.07) is 8.48. The molecule has 0 radical (unpaired) electrons. The molecule has 1 aromatic heterocycles. The average molecular weight is 581 g/mol. The summed E-state index contributed by atoms with van der Waals surface area (Å²) in [7, 11) is 1.56. The van der Waals surface area contributed by atoms with E-state index in [-0.39, 0.29) is 23.9 Å². The molecule has 1 fully saturated rings. The molecule has 0 unspecified atom stereocenters. The summed E-state index contributed by atoms with van der Waals surface area (Å²) in [4.78, 5) is 34.1. The highest BCUT2D eigenvalue weighted by Gasteiger charge is 2.33. The van der Waals surface area contributed by atoms with Gasteiger partial charge in [-0.1, -0.05) is 12.1 Å². The van der Waals surface area contributed by atoms with Crippen molar-refractivity contribution in [2.24, 2.45) is 0 Å². The van der Waals surface area contributed by atoms with Crippen LogP contribution >= 0.6 is 0 Å². The summed E-state index contributed by atoms with van der Waals surface area (Å²) in [6.45, 7) is 15.0. The van der Waals surface area contributed by atoms with Crippen LogP contribution in [0, 0.1) is 26.6 Å². The molecule has 1 aliphatic heterocycles. The number of ether oxygens (including phenoxy) is 2. The first-order valence-electron chi connectivity index (χ1n) is 14.2. The Morgan fingerprint density at radius 1 is 1.14 bits per heavy atom. The summed E-state index contributed by atoms with van der Waals surface area (Å²) < 4.78 is 26.9. The lowest BCUT2D eigenvalue weighted by atomic mass is 10.0. The first-order valence-corrected chi connectivity index (χ1v) is 14.2. The number of aromatic nitrogens is 3. The molecule has 42 heavy (non-hydrogen) atoms. The van der Waals surface area contributed by atoms with Gasteiger partial charge in [-0.05, 0) is 83.4 Å². The van der Waals surface area contributed by atoms with Crippen LogP contribution in [0.3, 0.4) is 0 Å². The van der Waals surface area contributed by atoms with E-state index < -0.39 is 11.7 Å². The second-order valence-corrected chi connectivity index (χ2v) is 11.9. The number of nitrogens with zero attached hydrogens (tertiary/aromatic N) is 4. The van der Waals surface area contributed by atoms with Gasteiger partial charge >= 0.3 is 6.09 Å². The lowest BCUT2D eigenvalue weighted by Gasteiger charge is -2.41. The zero-order valence-corrected chi connectivity index (χ0v) is 25.7. The SMILES string of the molecule is CNC(=O)c1cc(-c2n[nH]c(C)n2)c(C)cc1O[C@H](CN1CCN(C(=O)OC(C)(C)C)[C@H](C)C1)c1ccc(C)c(F)c1. The topological polar surface area (TPSA) is 113 Å². The Bertz CT molecular complexity index is 1450. The van der Waals surface area contributed by atoms with E-state index in [0.29, 0.717) is 65.8 Å². The highest BCUT2D eigenvalue weighted by molar-refractivity contribution is 5.98. The van der Waals surface area contributed by atoms with Crippen molar-refractivity contribution in [3.05, 3.63) is 64.2 Å². The van der Waals surface area contributed by atoms with E-state index >= 15 is 0 Å². The molecule has 1 aliphatic rings. The highest BCUT2D eigenvalue weighted by Crippen LogP contribution is 2.33. The Hall–Kier alpha value is -3.99. The van der Waals surface area contributed by atoms with Crippen molar-refractivity contribution in [3.8, 4) is 17.1 Å². The van der Waals surface area contributed by atoms with Gasteiger partial charge < -0.3 is 19.7 Å². The lowest BCUT2D eigenvalue weighted by molar-refractivity contribution is -0.00300. The minimum absolute atomic E-state index is 0.100. The maximum Gasteiger partial charge on any atom is 0.410 e. The molecular formula is C31H41FN6O4. The molecule has 1 saturated heterocycles. The molecule has 11 heteroatoms. The van der Waals surface area contributed by atoms with Crippen molar-refractivity contribution in [1.29, 1.82) is 0 Å². The zero-order valence-electron chi connectivity index (χ0n) is 25.7. The van der Waals surface area contributed by atoms with Crippen LogP contribution in [0.2, 0.25) is 0 Å². The molecular weight excluding hydrogens is 539 g/mol. The number of benzene rings is 2. The number of H-pyrrole nitrogens is 1. The normalized spacial score (nSPS) is 16.7. The highest BCUT2D eigenvalue weighted by atomic mass is 19.1. The van der Waals surface area contributed by atoms with Crippen LogP contribution in [-0.2, 0) is 4.74 Å². The Labute approximate surface area is 246 Å². The fraction of sp³-hybridized carbons (Fsp3) is 0.484.